The van der Waals surface area contributed by atoms with Crippen LogP contribution in [0.1, 0.15) is 16.8 Å². The number of amides is 1. The van der Waals surface area contributed by atoms with Gasteiger partial charge in [0.2, 0.25) is 11.8 Å². The summed E-state index contributed by atoms with van der Waals surface area (Å²) in [6.45, 7) is 1.15. The second kappa shape index (κ2) is 6.67. The fourth-order valence-corrected chi connectivity index (χ4v) is 3.23. The number of rotatable bonds is 4. The number of carbonyl (C=O) groups is 1. The van der Waals surface area contributed by atoms with Gasteiger partial charge in [0.05, 0.1) is 19.2 Å². The van der Waals surface area contributed by atoms with Gasteiger partial charge >= 0.3 is 0 Å². The molecule has 1 atom stereocenters. The number of likely N-dealkylation sites (tertiary alicyclic amines) is 1. The number of methoxy groups -OCH3 is 1. The van der Waals surface area contributed by atoms with E-state index < -0.39 is 0 Å². The maximum Gasteiger partial charge on any atom is 0.261 e. The SMILES string of the molecule is COc1nn(C)cc1C(=O)N1CCC(Oc2ccc3ccccc3n2)C1. The third kappa shape index (κ3) is 3.08. The zero-order valence-corrected chi connectivity index (χ0v) is 14.8. The monoisotopic (exact) mass is 352 g/mol. The number of aromatic nitrogens is 3. The van der Waals surface area contributed by atoms with Crippen molar-refractivity contribution in [3.63, 3.8) is 0 Å². The number of ether oxygens (including phenoxy) is 2. The van der Waals surface area contributed by atoms with Crippen LogP contribution in [0.25, 0.3) is 10.9 Å². The minimum absolute atomic E-state index is 0.0738. The topological polar surface area (TPSA) is 69.5 Å². The zero-order valence-electron chi connectivity index (χ0n) is 14.8. The van der Waals surface area contributed by atoms with Gasteiger partial charge in [-0.1, -0.05) is 18.2 Å². The molecule has 1 saturated heterocycles. The highest BCUT2D eigenvalue weighted by molar-refractivity contribution is 5.96. The molecule has 4 rings (SSSR count). The van der Waals surface area contributed by atoms with Gasteiger partial charge in [-0.3, -0.25) is 9.48 Å². The van der Waals surface area contributed by atoms with Crippen molar-refractivity contribution in [1.82, 2.24) is 19.7 Å². The molecule has 0 N–H and O–H groups in total. The van der Waals surface area contributed by atoms with E-state index in [2.05, 4.69) is 10.1 Å². The van der Waals surface area contributed by atoms with Gasteiger partial charge in [0, 0.05) is 37.7 Å². The molecule has 3 heterocycles. The minimum Gasteiger partial charge on any atom is -0.479 e. The van der Waals surface area contributed by atoms with E-state index in [1.807, 2.05) is 36.4 Å². The molecule has 0 saturated carbocycles. The third-order valence-electron chi connectivity index (χ3n) is 4.51. The van der Waals surface area contributed by atoms with E-state index in [0.29, 0.717) is 30.4 Å². The summed E-state index contributed by atoms with van der Waals surface area (Å²) in [5, 5.41) is 5.22. The minimum atomic E-state index is -0.0903. The lowest BCUT2D eigenvalue weighted by atomic mass is 10.2. The van der Waals surface area contributed by atoms with Crippen molar-refractivity contribution in [2.24, 2.45) is 7.05 Å². The van der Waals surface area contributed by atoms with Gasteiger partial charge in [-0.15, -0.1) is 5.10 Å². The molecular formula is C19H20N4O3. The average molecular weight is 352 g/mol. The smallest absolute Gasteiger partial charge is 0.261 e. The average Bonchev–Trinajstić information content (AvgIpc) is 3.27. The van der Waals surface area contributed by atoms with Gasteiger partial charge in [0.15, 0.2) is 0 Å². The molecule has 26 heavy (non-hydrogen) atoms. The fourth-order valence-electron chi connectivity index (χ4n) is 3.23. The number of carbonyl (C=O) groups excluding carboxylic acids is 1. The Kier molecular flexibility index (Phi) is 4.20. The molecule has 0 spiro atoms. The molecule has 7 nitrogen and oxygen atoms in total. The zero-order chi connectivity index (χ0) is 18.1. The first kappa shape index (κ1) is 16.4. The number of hydrogen-bond acceptors (Lipinski definition) is 5. The largest absolute Gasteiger partial charge is 0.479 e. The lowest BCUT2D eigenvalue weighted by molar-refractivity contribution is 0.0768. The van der Waals surface area contributed by atoms with E-state index in [1.165, 1.54) is 7.11 Å². The van der Waals surface area contributed by atoms with Crippen LogP contribution in [0.2, 0.25) is 0 Å². The molecule has 1 unspecified atom stereocenters. The number of para-hydroxylation sites is 1. The molecule has 1 fully saturated rings. The summed E-state index contributed by atoms with van der Waals surface area (Å²) in [6, 6.07) is 11.8. The number of fused-ring (bicyclic) bond motifs is 1. The molecule has 1 aliphatic rings. The Balaban J connectivity index is 1.45. The number of hydrogen-bond donors (Lipinski definition) is 0. The van der Waals surface area contributed by atoms with Crippen molar-refractivity contribution in [3.8, 4) is 11.8 Å². The van der Waals surface area contributed by atoms with E-state index in [-0.39, 0.29) is 12.0 Å². The van der Waals surface area contributed by atoms with Crippen molar-refractivity contribution in [3.05, 3.63) is 48.2 Å². The van der Waals surface area contributed by atoms with Crippen molar-refractivity contribution < 1.29 is 14.3 Å². The van der Waals surface area contributed by atoms with Gasteiger partial charge in [-0.25, -0.2) is 4.98 Å². The Morgan fingerprint density at radius 3 is 2.92 bits per heavy atom. The number of benzene rings is 1. The summed E-state index contributed by atoms with van der Waals surface area (Å²) in [7, 11) is 3.28. The van der Waals surface area contributed by atoms with Gasteiger partial charge in [-0.05, 0) is 12.1 Å². The summed E-state index contributed by atoms with van der Waals surface area (Å²) in [6.07, 6.45) is 2.37. The van der Waals surface area contributed by atoms with Gasteiger partial charge < -0.3 is 14.4 Å². The van der Waals surface area contributed by atoms with Crippen molar-refractivity contribution >= 4 is 16.8 Å². The van der Waals surface area contributed by atoms with Gasteiger partial charge in [-0.2, -0.15) is 0 Å². The highest BCUT2D eigenvalue weighted by atomic mass is 16.5. The summed E-state index contributed by atoms with van der Waals surface area (Å²) in [5.74, 6) is 0.840. The first-order valence-corrected chi connectivity index (χ1v) is 8.53. The normalized spacial score (nSPS) is 16.8. The Morgan fingerprint density at radius 2 is 2.08 bits per heavy atom. The Labute approximate surface area is 151 Å². The third-order valence-corrected chi connectivity index (χ3v) is 4.51. The van der Waals surface area contributed by atoms with Crippen LogP contribution in [-0.4, -0.2) is 51.9 Å². The predicted molar refractivity (Wildman–Crippen MR) is 96.4 cm³/mol. The standard InChI is InChI=1S/C19H20N4O3/c1-22-12-15(18(21-22)25-2)19(24)23-10-9-14(11-23)26-17-8-7-13-5-3-4-6-16(13)20-17/h3-8,12,14H,9-11H2,1-2H3. The predicted octanol–water partition coefficient (Wildman–Crippen LogP) is 2.27. The summed E-state index contributed by atoms with van der Waals surface area (Å²) in [4.78, 5) is 19.0. The molecule has 2 aromatic heterocycles. The Hall–Kier alpha value is -3.09. The summed E-state index contributed by atoms with van der Waals surface area (Å²) >= 11 is 0. The van der Waals surface area contributed by atoms with Crippen molar-refractivity contribution in [2.45, 2.75) is 12.5 Å². The Morgan fingerprint density at radius 1 is 1.23 bits per heavy atom. The van der Waals surface area contributed by atoms with Crippen LogP contribution in [0.5, 0.6) is 11.8 Å². The van der Waals surface area contributed by atoms with E-state index in [1.54, 1.807) is 22.8 Å². The molecule has 0 radical (unpaired) electrons. The van der Waals surface area contributed by atoms with Crippen molar-refractivity contribution in [1.29, 1.82) is 0 Å². The van der Waals surface area contributed by atoms with Crippen molar-refractivity contribution in [2.75, 3.05) is 20.2 Å². The van der Waals surface area contributed by atoms with Crippen LogP contribution < -0.4 is 9.47 Å². The van der Waals surface area contributed by atoms with Crippen LogP contribution >= 0.6 is 0 Å². The molecule has 134 valence electrons. The van der Waals surface area contributed by atoms with E-state index in [0.717, 1.165) is 17.3 Å². The maximum atomic E-state index is 12.7. The van der Waals surface area contributed by atoms with Crippen LogP contribution in [0.4, 0.5) is 0 Å². The highest BCUT2D eigenvalue weighted by Gasteiger charge is 2.31. The quantitative estimate of drug-likeness (QED) is 0.720. The molecule has 1 aromatic carbocycles. The first-order chi connectivity index (χ1) is 12.6. The van der Waals surface area contributed by atoms with Crippen LogP contribution in [0.3, 0.4) is 0 Å². The van der Waals surface area contributed by atoms with E-state index >= 15 is 0 Å². The van der Waals surface area contributed by atoms with E-state index in [9.17, 15) is 4.79 Å². The van der Waals surface area contributed by atoms with E-state index in [4.69, 9.17) is 9.47 Å². The summed E-state index contributed by atoms with van der Waals surface area (Å²) < 4.78 is 12.8. The maximum absolute atomic E-state index is 12.7. The molecule has 1 amide bonds. The first-order valence-electron chi connectivity index (χ1n) is 8.53. The van der Waals surface area contributed by atoms with Crippen LogP contribution in [0.15, 0.2) is 42.6 Å². The van der Waals surface area contributed by atoms with Gasteiger partial charge in [0.25, 0.3) is 5.91 Å². The number of nitrogens with zero attached hydrogens (tertiary/aromatic N) is 4. The second-order valence-electron chi connectivity index (χ2n) is 6.35. The number of pyridine rings is 1. The van der Waals surface area contributed by atoms with Crippen LogP contribution in [-0.2, 0) is 7.05 Å². The second-order valence-corrected chi connectivity index (χ2v) is 6.35. The molecule has 0 aliphatic carbocycles. The molecule has 1 aliphatic heterocycles. The Bertz CT molecular complexity index is 953. The fraction of sp³-hybridized carbons (Fsp3) is 0.316. The highest BCUT2D eigenvalue weighted by Crippen LogP contribution is 2.23. The molecule has 0 bridgehead atoms. The lowest BCUT2D eigenvalue weighted by Crippen LogP contribution is -2.31. The summed E-state index contributed by atoms with van der Waals surface area (Å²) in [5.41, 5.74) is 1.37. The lowest BCUT2D eigenvalue weighted by Gasteiger charge is -2.16. The molecule has 7 heteroatoms. The van der Waals surface area contributed by atoms with Gasteiger partial charge in [0.1, 0.15) is 11.7 Å². The molecule has 3 aromatic rings. The van der Waals surface area contributed by atoms with Crippen LogP contribution in [0, 0.1) is 0 Å². The molecular weight excluding hydrogens is 332 g/mol. The number of aryl methyl sites for hydroxylation is 1.